The number of allylic oxidation sites excluding steroid dienone is 2. The molecule has 0 heterocycles. The Hall–Kier alpha value is -1.57. The van der Waals surface area contributed by atoms with Gasteiger partial charge in [0.1, 0.15) is 0 Å². The molecule has 0 aromatic heterocycles. The van der Waals surface area contributed by atoms with Crippen LogP contribution in [0.2, 0.25) is 0 Å². The lowest BCUT2D eigenvalue weighted by Gasteiger charge is -2.30. The molecule has 116 valence electrons. The Balaban J connectivity index is 1.79. The van der Waals surface area contributed by atoms with Gasteiger partial charge in [0.15, 0.2) is 0 Å². The summed E-state index contributed by atoms with van der Waals surface area (Å²) in [7, 11) is -1.28. The molecule has 0 spiro atoms. The minimum absolute atomic E-state index is 0.559. The van der Waals surface area contributed by atoms with E-state index in [0.717, 1.165) is 5.50 Å². The molecule has 2 aromatic carbocycles. The predicted octanol–water partition coefficient (Wildman–Crippen LogP) is 5.47. The Bertz CT molecular complexity index is 751. The molecule has 0 N–H and O–H groups in total. The number of fused-ring (bicyclic) bond motifs is 2. The van der Waals surface area contributed by atoms with E-state index in [1.807, 2.05) is 0 Å². The maximum Gasteiger partial charge on any atom is 0.0791 e. The third kappa shape index (κ3) is 2.34. The molecule has 2 unspecified atom stereocenters. The molecule has 2 aliphatic carbocycles. The minimum atomic E-state index is -1.28. The largest absolute Gasteiger partial charge is 0.130 e. The fraction of sp³-hybridized carbons (Fsp3) is 0.238. The standard InChI is InChI=1S/C21H21ClSi/c1-14-11-16-7-3-5-9-18(16)20(14)23(13-22)21-15(2)12-17-8-4-6-10-19(17)21/h3-12,20-21,23H,13H2,1-2H3. The van der Waals surface area contributed by atoms with E-state index in [-0.39, 0.29) is 0 Å². The fourth-order valence-corrected chi connectivity index (χ4v) is 9.40. The maximum absolute atomic E-state index is 6.60. The number of rotatable bonds is 3. The first-order chi connectivity index (χ1) is 11.2. The highest BCUT2D eigenvalue weighted by Crippen LogP contribution is 2.46. The molecule has 0 fully saturated rings. The van der Waals surface area contributed by atoms with Gasteiger partial charge in [0, 0.05) is 5.50 Å². The molecule has 0 saturated carbocycles. The van der Waals surface area contributed by atoms with Crippen molar-refractivity contribution in [2.75, 3.05) is 5.50 Å². The molecule has 0 aliphatic heterocycles. The lowest BCUT2D eigenvalue weighted by molar-refractivity contribution is 1.00. The highest BCUT2D eigenvalue weighted by molar-refractivity contribution is 6.71. The zero-order valence-electron chi connectivity index (χ0n) is 13.6. The third-order valence-corrected chi connectivity index (χ3v) is 10.4. The molecule has 0 saturated heterocycles. The molecule has 23 heavy (non-hydrogen) atoms. The first kappa shape index (κ1) is 15.0. The van der Waals surface area contributed by atoms with Gasteiger partial charge in [-0.05, 0) is 47.2 Å². The van der Waals surface area contributed by atoms with Crippen LogP contribution in [0.5, 0.6) is 0 Å². The van der Waals surface area contributed by atoms with Crippen LogP contribution in [0.15, 0.2) is 59.7 Å². The van der Waals surface area contributed by atoms with Crippen LogP contribution in [0.1, 0.15) is 47.2 Å². The van der Waals surface area contributed by atoms with Gasteiger partial charge in [0.25, 0.3) is 0 Å². The van der Waals surface area contributed by atoms with Gasteiger partial charge in [-0.25, -0.2) is 0 Å². The van der Waals surface area contributed by atoms with E-state index in [2.05, 4.69) is 74.5 Å². The monoisotopic (exact) mass is 336 g/mol. The van der Waals surface area contributed by atoms with Gasteiger partial charge in [-0.1, -0.05) is 71.8 Å². The van der Waals surface area contributed by atoms with Crippen molar-refractivity contribution < 1.29 is 0 Å². The SMILES string of the molecule is CC1=Cc2ccccc2C1[SiH](CCl)C1C(C)=Cc2ccccc21. The van der Waals surface area contributed by atoms with Crippen molar-refractivity contribution in [1.82, 2.24) is 0 Å². The second-order valence-electron chi connectivity index (χ2n) is 6.81. The highest BCUT2D eigenvalue weighted by Gasteiger charge is 2.39. The highest BCUT2D eigenvalue weighted by atomic mass is 35.5. The summed E-state index contributed by atoms with van der Waals surface area (Å²) in [6, 6.07) is 17.7. The van der Waals surface area contributed by atoms with Crippen LogP contribution in [0.25, 0.3) is 12.2 Å². The molecular weight excluding hydrogens is 316 g/mol. The van der Waals surface area contributed by atoms with E-state index >= 15 is 0 Å². The second-order valence-corrected chi connectivity index (χ2v) is 10.7. The number of hydrogen-bond donors (Lipinski definition) is 0. The summed E-state index contributed by atoms with van der Waals surface area (Å²) in [4.78, 5) is 0. The maximum atomic E-state index is 6.60. The van der Waals surface area contributed by atoms with Gasteiger partial charge in [0.2, 0.25) is 0 Å². The van der Waals surface area contributed by atoms with Crippen molar-refractivity contribution in [1.29, 1.82) is 0 Å². The summed E-state index contributed by atoms with van der Waals surface area (Å²) >= 11 is 6.60. The quantitative estimate of drug-likeness (QED) is 0.515. The summed E-state index contributed by atoms with van der Waals surface area (Å²) in [5, 5.41) is 0. The summed E-state index contributed by atoms with van der Waals surface area (Å²) in [6.07, 6.45) is 4.74. The first-order valence-corrected chi connectivity index (χ1v) is 11.0. The van der Waals surface area contributed by atoms with Crippen LogP contribution in [-0.4, -0.2) is 14.3 Å². The van der Waals surface area contributed by atoms with E-state index in [4.69, 9.17) is 11.6 Å². The van der Waals surface area contributed by atoms with Crippen molar-refractivity contribution in [2.45, 2.75) is 24.9 Å². The van der Waals surface area contributed by atoms with E-state index in [0.29, 0.717) is 11.1 Å². The van der Waals surface area contributed by atoms with Crippen LogP contribution < -0.4 is 0 Å². The van der Waals surface area contributed by atoms with Crippen LogP contribution in [0.4, 0.5) is 0 Å². The number of alkyl halides is 1. The Morgan fingerprint density at radius 1 is 0.783 bits per heavy atom. The number of benzene rings is 2. The van der Waals surface area contributed by atoms with Gasteiger partial charge in [-0.2, -0.15) is 0 Å². The van der Waals surface area contributed by atoms with Crippen LogP contribution >= 0.6 is 11.6 Å². The molecule has 2 aliphatic rings. The van der Waals surface area contributed by atoms with Crippen molar-refractivity contribution in [2.24, 2.45) is 0 Å². The average Bonchev–Trinajstić information content (AvgIpc) is 3.06. The van der Waals surface area contributed by atoms with Crippen molar-refractivity contribution in [3.63, 3.8) is 0 Å². The van der Waals surface area contributed by atoms with Crippen LogP contribution in [0.3, 0.4) is 0 Å². The van der Waals surface area contributed by atoms with Gasteiger partial charge < -0.3 is 0 Å². The molecule has 0 amide bonds. The van der Waals surface area contributed by atoms with E-state index in [9.17, 15) is 0 Å². The van der Waals surface area contributed by atoms with Crippen LogP contribution in [-0.2, 0) is 0 Å². The molecule has 0 nitrogen and oxygen atoms in total. The zero-order valence-corrected chi connectivity index (χ0v) is 15.5. The van der Waals surface area contributed by atoms with Crippen LogP contribution in [0, 0.1) is 0 Å². The Morgan fingerprint density at radius 3 is 1.65 bits per heavy atom. The summed E-state index contributed by atoms with van der Waals surface area (Å²) in [5.74, 6) is 0. The third-order valence-electron chi connectivity index (χ3n) is 5.44. The lowest BCUT2D eigenvalue weighted by Crippen LogP contribution is -2.34. The second kappa shape index (κ2) is 5.81. The van der Waals surface area contributed by atoms with E-state index in [1.54, 1.807) is 0 Å². The van der Waals surface area contributed by atoms with Gasteiger partial charge in [0.05, 0.1) is 8.80 Å². The normalized spacial score (nSPS) is 23.1. The Morgan fingerprint density at radius 2 is 1.22 bits per heavy atom. The molecule has 2 aromatic rings. The topological polar surface area (TPSA) is 0 Å². The molecule has 0 radical (unpaired) electrons. The Labute approximate surface area is 145 Å². The Kier molecular flexibility index (Phi) is 3.78. The molecule has 2 atom stereocenters. The van der Waals surface area contributed by atoms with Gasteiger partial charge >= 0.3 is 0 Å². The summed E-state index contributed by atoms with van der Waals surface area (Å²) < 4.78 is 0. The van der Waals surface area contributed by atoms with Crippen molar-refractivity contribution in [3.8, 4) is 0 Å². The predicted molar refractivity (Wildman–Crippen MR) is 104 cm³/mol. The summed E-state index contributed by atoms with van der Waals surface area (Å²) in [5.41, 5.74) is 10.7. The minimum Gasteiger partial charge on any atom is -0.130 e. The number of hydrogen-bond acceptors (Lipinski definition) is 0. The number of halogens is 1. The van der Waals surface area contributed by atoms with Gasteiger partial charge in [-0.3, -0.25) is 0 Å². The molecule has 2 heteroatoms. The van der Waals surface area contributed by atoms with Crippen molar-refractivity contribution in [3.05, 3.63) is 81.9 Å². The molecule has 4 rings (SSSR count). The lowest BCUT2D eigenvalue weighted by atomic mass is 10.1. The first-order valence-electron chi connectivity index (χ1n) is 8.31. The average molecular weight is 337 g/mol. The van der Waals surface area contributed by atoms with E-state index in [1.165, 1.54) is 33.4 Å². The fourth-order valence-electron chi connectivity index (χ4n) is 4.52. The molecule has 0 bridgehead atoms. The van der Waals surface area contributed by atoms with E-state index < -0.39 is 8.80 Å². The summed E-state index contributed by atoms with van der Waals surface area (Å²) in [6.45, 7) is 4.58. The smallest absolute Gasteiger partial charge is 0.0791 e. The molecular formula is C21H21ClSi. The van der Waals surface area contributed by atoms with Crippen molar-refractivity contribution >= 4 is 32.5 Å². The zero-order chi connectivity index (χ0) is 16.0. The van der Waals surface area contributed by atoms with Gasteiger partial charge in [-0.15, -0.1) is 11.6 Å².